The van der Waals surface area contributed by atoms with Crippen molar-refractivity contribution < 1.29 is 14.3 Å². The van der Waals surface area contributed by atoms with Crippen LogP contribution in [-0.4, -0.2) is 57.7 Å². The van der Waals surface area contributed by atoms with Gasteiger partial charge in [-0.3, -0.25) is 4.90 Å². The van der Waals surface area contributed by atoms with Crippen LogP contribution in [-0.2, 0) is 11.3 Å². The molecule has 126 valence electrons. The summed E-state index contributed by atoms with van der Waals surface area (Å²) in [5.41, 5.74) is 0. The van der Waals surface area contributed by atoms with E-state index in [-0.39, 0.29) is 18.8 Å². The van der Waals surface area contributed by atoms with Crippen LogP contribution in [0.2, 0.25) is 0 Å². The zero-order chi connectivity index (χ0) is 16.4. The minimum absolute atomic E-state index is 0.119. The number of aromatic nitrogens is 2. The summed E-state index contributed by atoms with van der Waals surface area (Å²) in [6.45, 7) is 6.18. The van der Waals surface area contributed by atoms with Gasteiger partial charge in [-0.1, -0.05) is 6.07 Å². The van der Waals surface area contributed by atoms with Crippen LogP contribution in [0.5, 0.6) is 0 Å². The number of aliphatic hydroxyl groups excluding tert-OH is 1. The van der Waals surface area contributed by atoms with Gasteiger partial charge in [-0.25, -0.2) is 4.79 Å². The van der Waals surface area contributed by atoms with E-state index >= 15 is 0 Å². The van der Waals surface area contributed by atoms with Crippen LogP contribution in [0.3, 0.4) is 0 Å². The van der Waals surface area contributed by atoms with Crippen LogP contribution >= 0.6 is 11.3 Å². The van der Waals surface area contributed by atoms with Crippen molar-refractivity contribution in [2.75, 3.05) is 19.6 Å². The molecular formula is C15H21N3O4S. The Balaban J connectivity index is 1.62. The second kappa shape index (κ2) is 6.96. The quantitative estimate of drug-likeness (QED) is 0.876. The molecule has 0 spiro atoms. The Morgan fingerprint density at radius 3 is 2.78 bits per heavy atom. The van der Waals surface area contributed by atoms with E-state index in [0.717, 1.165) is 18.0 Å². The molecule has 1 aliphatic heterocycles. The molecule has 0 radical (unpaired) electrons. The Labute approximate surface area is 138 Å². The second-order valence-corrected chi connectivity index (χ2v) is 6.91. The molecule has 0 aliphatic carbocycles. The topological polar surface area (TPSA) is 80.7 Å². The minimum Gasteiger partial charge on any atom is -0.390 e. The van der Waals surface area contributed by atoms with Gasteiger partial charge in [0.1, 0.15) is 0 Å². The fourth-order valence-electron chi connectivity index (χ4n) is 2.91. The van der Waals surface area contributed by atoms with Gasteiger partial charge < -0.3 is 14.3 Å². The van der Waals surface area contributed by atoms with Gasteiger partial charge in [-0.05, 0) is 25.3 Å². The first-order valence-electron chi connectivity index (χ1n) is 7.69. The van der Waals surface area contributed by atoms with E-state index in [0.29, 0.717) is 12.4 Å². The number of ether oxygens (including phenoxy) is 1. The third kappa shape index (κ3) is 4.08. The van der Waals surface area contributed by atoms with Crippen LogP contribution < -0.4 is 5.76 Å². The second-order valence-electron chi connectivity index (χ2n) is 5.96. The summed E-state index contributed by atoms with van der Waals surface area (Å²) in [5.74, 6) is -0.248. The summed E-state index contributed by atoms with van der Waals surface area (Å²) in [5, 5.41) is 16.3. The zero-order valence-electron chi connectivity index (χ0n) is 13.2. The Hall–Kier alpha value is -1.48. The number of nitrogens with zero attached hydrogens (tertiary/aromatic N) is 3. The molecule has 2 aromatic rings. The molecule has 1 fully saturated rings. The molecule has 1 aliphatic rings. The number of rotatable bonds is 5. The number of hydrogen-bond acceptors (Lipinski definition) is 7. The third-order valence-electron chi connectivity index (χ3n) is 3.69. The van der Waals surface area contributed by atoms with E-state index in [2.05, 4.69) is 10.00 Å². The molecule has 1 saturated heterocycles. The maximum atomic E-state index is 11.9. The van der Waals surface area contributed by atoms with Crippen LogP contribution in [0.25, 0.3) is 10.8 Å². The normalized spacial score (nSPS) is 24.0. The maximum absolute atomic E-state index is 11.9. The van der Waals surface area contributed by atoms with Crippen molar-refractivity contribution >= 4 is 11.3 Å². The van der Waals surface area contributed by atoms with Gasteiger partial charge in [-0.15, -0.1) is 16.4 Å². The number of morpholine rings is 1. The van der Waals surface area contributed by atoms with Crippen LogP contribution in [0.15, 0.2) is 26.7 Å². The fraction of sp³-hybridized carbons (Fsp3) is 0.600. The van der Waals surface area contributed by atoms with Crippen LogP contribution in [0.1, 0.15) is 13.8 Å². The molecule has 23 heavy (non-hydrogen) atoms. The number of aliphatic hydroxyl groups is 1. The van der Waals surface area contributed by atoms with Crippen molar-refractivity contribution in [3.8, 4) is 10.8 Å². The van der Waals surface area contributed by atoms with Gasteiger partial charge in [0.2, 0.25) is 0 Å². The largest absolute Gasteiger partial charge is 0.437 e. The van der Waals surface area contributed by atoms with Crippen molar-refractivity contribution in [3.05, 3.63) is 28.1 Å². The smallest absolute Gasteiger partial charge is 0.390 e. The minimum atomic E-state index is -0.688. The lowest BCUT2D eigenvalue weighted by atomic mass is 10.2. The highest BCUT2D eigenvalue weighted by Crippen LogP contribution is 2.21. The van der Waals surface area contributed by atoms with Gasteiger partial charge in [0, 0.05) is 19.6 Å². The van der Waals surface area contributed by atoms with Crippen LogP contribution in [0.4, 0.5) is 0 Å². The number of thiophene rings is 1. The molecule has 8 heteroatoms. The molecule has 7 nitrogen and oxygen atoms in total. The first-order chi connectivity index (χ1) is 11.0. The van der Waals surface area contributed by atoms with Crippen molar-refractivity contribution in [1.29, 1.82) is 0 Å². The fourth-order valence-corrected chi connectivity index (χ4v) is 3.55. The van der Waals surface area contributed by atoms with E-state index in [1.165, 1.54) is 16.0 Å². The Morgan fingerprint density at radius 1 is 1.39 bits per heavy atom. The van der Waals surface area contributed by atoms with Crippen molar-refractivity contribution in [3.63, 3.8) is 0 Å². The molecule has 0 bridgehead atoms. The number of β-amino-alcohol motifs (C(OH)–C–C–N with tert-alkyl or cyclic N) is 1. The van der Waals surface area contributed by atoms with E-state index in [4.69, 9.17) is 9.15 Å². The van der Waals surface area contributed by atoms with Gasteiger partial charge in [0.15, 0.2) is 0 Å². The molecular weight excluding hydrogens is 318 g/mol. The lowest BCUT2D eigenvalue weighted by Gasteiger charge is -2.36. The molecule has 0 unspecified atom stereocenters. The van der Waals surface area contributed by atoms with Gasteiger partial charge >= 0.3 is 5.76 Å². The third-order valence-corrected chi connectivity index (χ3v) is 4.54. The predicted molar refractivity (Wildman–Crippen MR) is 86.5 cm³/mol. The molecule has 3 heterocycles. The number of hydrogen-bond donors (Lipinski definition) is 1. The maximum Gasteiger partial charge on any atom is 0.437 e. The molecule has 1 N–H and O–H groups in total. The summed E-state index contributed by atoms with van der Waals surface area (Å²) in [6.07, 6.45) is -0.399. The van der Waals surface area contributed by atoms with E-state index in [9.17, 15) is 9.90 Å². The molecule has 2 aromatic heterocycles. The Morgan fingerprint density at radius 2 is 2.13 bits per heavy atom. The Bertz CT molecular complexity index is 671. The highest BCUT2D eigenvalue weighted by molar-refractivity contribution is 7.13. The first-order valence-corrected chi connectivity index (χ1v) is 8.57. The molecule has 3 atom stereocenters. The van der Waals surface area contributed by atoms with Gasteiger partial charge in [0.25, 0.3) is 5.89 Å². The van der Waals surface area contributed by atoms with Crippen molar-refractivity contribution in [1.82, 2.24) is 14.7 Å². The van der Waals surface area contributed by atoms with Crippen molar-refractivity contribution in [2.45, 2.75) is 38.7 Å². The molecule has 0 saturated carbocycles. The average Bonchev–Trinajstić information content (AvgIpc) is 3.08. The summed E-state index contributed by atoms with van der Waals surface area (Å²) >= 11 is 1.45. The summed E-state index contributed by atoms with van der Waals surface area (Å²) in [6, 6.07) is 3.71. The molecule has 0 amide bonds. The standard InChI is InChI=1S/C15H21N3O4S/c1-10-6-17(7-11(2)21-10)8-12(19)9-18-15(20)22-14(16-18)13-4-3-5-23-13/h3-5,10-12,19H,6-9H2,1-2H3/t10-,11-,12-/m1/s1. The molecule has 3 rings (SSSR count). The van der Waals surface area contributed by atoms with Gasteiger partial charge in [-0.2, -0.15) is 4.68 Å². The predicted octanol–water partition coefficient (Wildman–Crippen LogP) is 1.03. The SMILES string of the molecule is C[C@@H]1CN(C[C@@H](O)Cn2nc(-c3cccs3)oc2=O)C[C@@H](C)O1. The summed E-state index contributed by atoms with van der Waals surface area (Å²) in [4.78, 5) is 14.8. The highest BCUT2D eigenvalue weighted by atomic mass is 32.1. The van der Waals surface area contributed by atoms with Gasteiger partial charge in [0.05, 0.1) is 29.7 Å². The van der Waals surface area contributed by atoms with Crippen LogP contribution in [0, 0.1) is 0 Å². The summed E-state index contributed by atoms with van der Waals surface area (Å²) in [7, 11) is 0. The van der Waals surface area contributed by atoms with E-state index in [1.54, 1.807) is 0 Å². The molecule has 0 aromatic carbocycles. The van der Waals surface area contributed by atoms with Crippen molar-refractivity contribution in [2.24, 2.45) is 0 Å². The lowest BCUT2D eigenvalue weighted by molar-refractivity contribution is -0.0775. The first kappa shape index (κ1) is 16.4. The monoisotopic (exact) mass is 339 g/mol. The zero-order valence-corrected chi connectivity index (χ0v) is 14.0. The summed E-state index contributed by atoms with van der Waals surface area (Å²) < 4.78 is 12.0. The Kier molecular flexibility index (Phi) is 4.96. The highest BCUT2D eigenvalue weighted by Gasteiger charge is 2.24. The average molecular weight is 339 g/mol. The lowest BCUT2D eigenvalue weighted by Crippen LogP contribution is -2.48. The van der Waals surface area contributed by atoms with E-state index in [1.807, 2.05) is 31.4 Å². The van der Waals surface area contributed by atoms with E-state index < -0.39 is 11.9 Å².